The third kappa shape index (κ3) is 2.31. The topological polar surface area (TPSA) is 190 Å². The highest BCUT2D eigenvalue weighted by molar-refractivity contribution is 6.16. The number of fused-ring (bicyclic) bond motifs is 1. The maximum Gasteiger partial charge on any atom is 0.340 e. The number of aromatic hydroxyl groups is 2. The lowest BCUT2D eigenvalue weighted by molar-refractivity contribution is 0.0647. The van der Waals surface area contributed by atoms with Crippen molar-refractivity contribution in [3.05, 3.63) is 34.4 Å². The lowest BCUT2D eigenvalue weighted by atomic mass is 9.93. The number of carboxylic acids is 4. The van der Waals surface area contributed by atoms with Crippen molar-refractivity contribution in [2.75, 3.05) is 0 Å². The molecule has 0 atom stereocenters. The van der Waals surface area contributed by atoms with Gasteiger partial charge in [0.15, 0.2) is 0 Å². The highest BCUT2D eigenvalue weighted by Crippen LogP contribution is 2.41. The van der Waals surface area contributed by atoms with E-state index < -0.39 is 63.0 Å². The minimum absolute atomic E-state index is 0.352. The van der Waals surface area contributed by atoms with Gasteiger partial charge in [-0.2, -0.15) is 0 Å². The highest BCUT2D eigenvalue weighted by Gasteiger charge is 2.29. The molecule has 0 heterocycles. The van der Waals surface area contributed by atoms with Crippen LogP contribution in [0.5, 0.6) is 11.5 Å². The van der Waals surface area contributed by atoms with E-state index in [1.54, 1.807) is 0 Å². The summed E-state index contributed by atoms with van der Waals surface area (Å²) in [5.74, 6) is -9.47. The van der Waals surface area contributed by atoms with Crippen molar-refractivity contribution < 1.29 is 49.8 Å². The van der Waals surface area contributed by atoms with E-state index in [1.807, 2.05) is 0 Å². The van der Waals surface area contributed by atoms with Gasteiger partial charge in [-0.25, -0.2) is 19.2 Å². The number of carboxylic acid groups (broad SMARTS) is 4. The number of hydrogen-bond acceptors (Lipinski definition) is 6. The zero-order chi connectivity index (χ0) is 18.3. The van der Waals surface area contributed by atoms with Crippen molar-refractivity contribution in [3.8, 4) is 11.5 Å². The second-order valence-electron chi connectivity index (χ2n) is 4.61. The molecule has 0 aromatic heterocycles. The SMILES string of the molecule is O=C(O)c1cc2cc(C(=O)O)c(C(=O)O)c(O)c2c(O)c1C(=O)O. The Kier molecular flexibility index (Phi) is 3.74. The normalized spacial score (nSPS) is 10.5. The maximum absolute atomic E-state index is 11.2. The Morgan fingerprint density at radius 3 is 1.21 bits per heavy atom. The first kappa shape index (κ1) is 16.5. The number of phenols is 2. The fraction of sp³-hybridized carbons (Fsp3) is 0. The first-order chi connectivity index (χ1) is 11.1. The summed E-state index contributed by atoms with van der Waals surface area (Å²) in [6.45, 7) is 0. The molecule has 0 fully saturated rings. The van der Waals surface area contributed by atoms with Gasteiger partial charge in [-0.3, -0.25) is 0 Å². The van der Waals surface area contributed by atoms with Crippen molar-refractivity contribution in [3.63, 3.8) is 0 Å². The van der Waals surface area contributed by atoms with Crippen molar-refractivity contribution in [1.82, 2.24) is 0 Å². The van der Waals surface area contributed by atoms with Gasteiger partial charge in [-0.1, -0.05) is 0 Å². The molecule has 0 aliphatic carbocycles. The Balaban J connectivity index is 3.13. The fourth-order valence-electron chi connectivity index (χ4n) is 2.30. The molecule has 0 spiro atoms. The minimum atomic E-state index is -1.83. The van der Waals surface area contributed by atoms with Gasteiger partial charge in [0.25, 0.3) is 0 Å². The lowest BCUT2D eigenvalue weighted by Crippen LogP contribution is -2.11. The molecule has 10 heteroatoms. The van der Waals surface area contributed by atoms with Crippen LogP contribution < -0.4 is 0 Å². The molecule has 0 bridgehead atoms. The van der Waals surface area contributed by atoms with Crippen molar-refractivity contribution in [2.45, 2.75) is 0 Å². The zero-order valence-electron chi connectivity index (χ0n) is 11.5. The standard InChI is InChI=1S/C14H8O10/c15-9-6-3(1-4(11(17)18)7(9)13(21)22)2-5(12(19)20)8(10(6)16)14(23)24/h1-2,15-16H,(H,17,18)(H,19,20)(H,21,22)(H,23,24). The molecular formula is C14H8O10. The van der Waals surface area contributed by atoms with Crippen LogP contribution in [-0.2, 0) is 0 Å². The van der Waals surface area contributed by atoms with Gasteiger partial charge < -0.3 is 30.6 Å². The Hall–Kier alpha value is -3.82. The molecule has 0 radical (unpaired) electrons. The summed E-state index contributed by atoms with van der Waals surface area (Å²) < 4.78 is 0. The largest absolute Gasteiger partial charge is 0.506 e. The molecule has 0 saturated heterocycles. The molecule has 24 heavy (non-hydrogen) atoms. The van der Waals surface area contributed by atoms with Gasteiger partial charge in [0, 0.05) is 0 Å². The number of hydrogen-bond donors (Lipinski definition) is 6. The molecule has 0 unspecified atom stereocenters. The molecule has 2 aromatic rings. The maximum atomic E-state index is 11.2. The van der Waals surface area contributed by atoms with E-state index in [0.717, 1.165) is 12.1 Å². The summed E-state index contributed by atoms with van der Waals surface area (Å²) in [5.41, 5.74) is -3.84. The fourth-order valence-corrected chi connectivity index (χ4v) is 2.30. The monoisotopic (exact) mass is 336 g/mol. The molecule has 10 nitrogen and oxygen atoms in total. The average molecular weight is 336 g/mol. The summed E-state index contributed by atoms with van der Waals surface area (Å²) in [4.78, 5) is 44.7. The van der Waals surface area contributed by atoms with Gasteiger partial charge in [0.05, 0.1) is 16.5 Å². The van der Waals surface area contributed by atoms with Crippen LogP contribution in [0, 0.1) is 0 Å². The second kappa shape index (κ2) is 5.43. The third-order valence-electron chi connectivity index (χ3n) is 3.26. The first-order valence-corrected chi connectivity index (χ1v) is 6.06. The van der Waals surface area contributed by atoms with E-state index in [0.29, 0.717) is 0 Å². The van der Waals surface area contributed by atoms with Crippen molar-refractivity contribution >= 4 is 34.6 Å². The molecule has 0 aliphatic heterocycles. The molecule has 6 N–H and O–H groups in total. The van der Waals surface area contributed by atoms with Crippen LogP contribution in [0.4, 0.5) is 0 Å². The molecule has 0 amide bonds. The van der Waals surface area contributed by atoms with E-state index in [1.165, 1.54) is 0 Å². The van der Waals surface area contributed by atoms with Gasteiger partial charge >= 0.3 is 23.9 Å². The van der Waals surface area contributed by atoms with Gasteiger partial charge in [0.1, 0.15) is 22.6 Å². The van der Waals surface area contributed by atoms with Crippen LogP contribution in [0.25, 0.3) is 10.8 Å². The minimum Gasteiger partial charge on any atom is -0.506 e. The molecule has 0 aliphatic rings. The predicted octanol–water partition coefficient (Wildman–Crippen LogP) is 1.04. The molecule has 2 rings (SSSR count). The van der Waals surface area contributed by atoms with Crippen LogP contribution in [0.3, 0.4) is 0 Å². The lowest BCUT2D eigenvalue weighted by Gasteiger charge is -2.13. The smallest absolute Gasteiger partial charge is 0.340 e. The Bertz CT molecular complexity index is 868. The van der Waals surface area contributed by atoms with E-state index in [2.05, 4.69) is 0 Å². The number of carbonyl (C=O) groups is 4. The van der Waals surface area contributed by atoms with Crippen LogP contribution in [0.2, 0.25) is 0 Å². The van der Waals surface area contributed by atoms with Gasteiger partial charge in [0.2, 0.25) is 0 Å². The molecule has 124 valence electrons. The quantitative estimate of drug-likeness (QED) is 0.470. The van der Waals surface area contributed by atoms with E-state index >= 15 is 0 Å². The first-order valence-electron chi connectivity index (χ1n) is 6.06. The Labute approximate surface area is 131 Å². The number of benzene rings is 2. The predicted molar refractivity (Wildman–Crippen MR) is 75.1 cm³/mol. The molecular weight excluding hydrogens is 328 g/mol. The Morgan fingerprint density at radius 2 is 0.958 bits per heavy atom. The molecule has 0 saturated carbocycles. The van der Waals surface area contributed by atoms with Crippen LogP contribution >= 0.6 is 0 Å². The third-order valence-corrected chi connectivity index (χ3v) is 3.26. The summed E-state index contributed by atoms with van der Waals surface area (Å²) in [7, 11) is 0. The summed E-state index contributed by atoms with van der Waals surface area (Å²) in [6, 6.07) is 1.44. The van der Waals surface area contributed by atoms with Crippen molar-refractivity contribution in [2.24, 2.45) is 0 Å². The average Bonchev–Trinajstić information content (AvgIpc) is 2.44. The summed E-state index contributed by atoms with van der Waals surface area (Å²) in [6.07, 6.45) is 0. The van der Waals surface area contributed by atoms with Crippen LogP contribution in [-0.4, -0.2) is 54.5 Å². The zero-order valence-corrected chi connectivity index (χ0v) is 11.5. The van der Waals surface area contributed by atoms with E-state index in [-0.39, 0.29) is 5.39 Å². The Morgan fingerprint density at radius 1 is 0.625 bits per heavy atom. The molecule has 2 aromatic carbocycles. The summed E-state index contributed by atoms with van der Waals surface area (Å²) in [5, 5.41) is 55.2. The summed E-state index contributed by atoms with van der Waals surface area (Å²) >= 11 is 0. The highest BCUT2D eigenvalue weighted by atomic mass is 16.4. The van der Waals surface area contributed by atoms with E-state index in [4.69, 9.17) is 20.4 Å². The van der Waals surface area contributed by atoms with E-state index in [9.17, 15) is 29.4 Å². The van der Waals surface area contributed by atoms with Crippen LogP contribution in [0.1, 0.15) is 41.4 Å². The van der Waals surface area contributed by atoms with Gasteiger partial charge in [-0.15, -0.1) is 0 Å². The number of aromatic carboxylic acids is 4. The van der Waals surface area contributed by atoms with Gasteiger partial charge in [-0.05, 0) is 17.5 Å². The number of rotatable bonds is 4. The van der Waals surface area contributed by atoms with Crippen LogP contribution in [0.15, 0.2) is 12.1 Å². The van der Waals surface area contributed by atoms with Crippen molar-refractivity contribution in [1.29, 1.82) is 0 Å². The second-order valence-corrected chi connectivity index (χ2v) is 4.61.